The van der Waals surface area contributed by atoms with Crippen molar-refractivity contribution in [1.82, 2.24) is 4.90 Å². The molecule has 54 heavy (non-hydrogen) atoms. The zero-order valence-electron chi connectivity index (χ0n) is 34.1. The summed E-state index contributed by atoms with van der Waals surface area (Å²) in [6.07, 6.45) is 10.3. The summed E-state index contributed by atoms with van der Waals surface area (Å²) in [7, 11) is 9.19. The number of carbonyl (C=O) groups is 2. The number of esters is 1. The highest BCUT2D eigenvalue weighted by atomic mass is 16.7. The number of cyclic esters (lactones) is 1. The van der Waals surface area contributed by atoms with Gasteiger partial charge in [-0.1, -0.05) is 24.6 Å². The summed E-state index contributed by atoms with van der Waals surface area (Å²) in [4.78, 5) is 30.8. The van der Waals surface area contributed by atoms with Crippen LogP contribution in [0.4, 0.5) is 0 Å². The summed E-state index contributed by atoms with van der Waals surface area (Å²) < 4.78 is 50.1. The summed E-state index contributed by atoms with van der Waals surface area (Å²) in [6, 6.07) is 0.341. The lowest BCUT2D eigenvalue weighted by molar-refractivity contribution is -0.314. The second-order valence-electron chi connectivity index (χ2n) is 17.8. The molecule has 7 aliphatic rings. The number of rotatable bonds is 9. The lowest BCUT2D eigenvalue weighted by Crippen LogP contribution is -2.59. The fraction of sp³-hybridized carbons (Fsp3) is 0.860. The SMILES string of the molecule is CO[C@@H]1[C@@H](OC)[C@H](C)O[C@@H](O[C@@H]2C[C@H]3[C@@H]4C=C5C(=O)[C@H](C)[C@@H](O[C@H]6CC[C@H](N(C)C)[C@@H](C)O6)CCC[C@H](C6CC6)OC(=O)C[C@H]5[C@@H]4C=C(C)[C@@H]3C2)[C@@H]1OC. The van der Waals surface area contributed by atoms with Crippen LogP contribution >= 0.6 is 0 Å². The van der Waals surface area contributed by atoms with Crippen LogP contribution in [-0.4, -0.2) is 120 Å². The number of hydrogen-bond donors (Lipinski definition) is 0. The van der Waals surface area contributed by atoms with Crippen molar-refractivity contribution in [2.24, 2.45) is 41.4 Å². The van der Waals surface area contributed by atoms with Crippen molar-refractivity contribution in [3.63, 3.8) is 0 Å². The van der Waals surface area contributed by atoms with Crippen molar-refractivity contribution >= 4 is 11.8 Å². The first-order valence-electron chi connectivity index (χ1n) is 20.9. The van der Waals surface area contributed by atoms with Gasteiger partial charge in [-0.25, -0.2) is 0 Å². The number of ketones is 1. The fourth-order valence-corrected chi connectivity index (χ4v) is 11.2. The third kappa shape index (κ3) is 8.17. The smallest absolute Gasteiger partial charge is 0.306 e. The molecule has 3 aliphatic heterocycles. The molecule has 17 atom stereocenters. The van der Waals surface area contributed by atoms with Crippen LogP contribution in [0, 0.1) is 41.4 Å². The minimum atomic E-state index is -0.595. The zero-order valence-corrected chi connectivity index (χ0v) is 34.1. The van der Waals surface area contributed by atoms with Crippen LogP contribution in [-0.2, 0) is 47.5 Å². The molecule has 11 nitrogen and oxygen atoms in total. The van der Waals surface area contributed by atoms with Crippen molar-refractivity contribution in [1.29, 1.82) is 0 Å². The first kappa shape index (κ1) is 40.5. The van der Waals surface area contributed by atoms with E-state index in [-0.39, 0.29) is 96.8 Å². The monoisotopic (exact) mass is 757 g/mol. The zero-order chi connectivity index (χ0) is 38.4. The van der Waals surface area contributed by atoms with E-state index in [1.54, 1.807) is 21.3 Å². The highest BCUT2D eigenvalue weighted by Crippen LogP contribution is 2.56. The van der Waals surface area contributed by atoms with Gasteiger partial charge >= 0.3 is 5.97 Å². The van der Waals surface area contributed by atoms with E-state index < -0.39 is 12.4 Å². The summed E-state index contributed by atoms with van der Waals surface area (Å²) in [5.74, 6) is 0.541. The largest absolute Gasteiger partial charge is 0.462 e. The van der Waals surface area contributed by atoms with Gasteiger partial charge in [-0.05, 0) is 128 Å². The molecule has 0 radical (unpaired) electrons. The van der Waals surface area contributed by atoms with Crippen molar-refractivity contribution in [2.75, 3.05) is 35.4 Å². The number of allylic oxidation sites excluding steroid dienone is 4. The lowest BCUT2D eigenvalue weighted by atomic mass is 9.67. The molecule has 0 amide bonds. The minimum absolute atomic E-state index is 0.0408. The summed E-state index contributed by atoms with van der Waals surface area (Å²) in [5.41, 5.74) is 2.10. The van der Waals surface area contributed by atoms with E-state index in [9.17, 15) is 9.59 Å². The molecule has 304 valence electrons. The van der Waals surface area contributed by atoms with E-state index in [1.807, 2.05) is 13.8 Å². The molecule has 2 saturated carbocycles. The van der Waals surface area contributed by atoms with Gasteiger partial charge in [0.15, 0.2) is 18.4 Å². The molecule has 7 rings (SSSR count). The average molecular weight is 758 g/mol. The van der Waals surface area contributed by atoms with E-state index >= 15 is 0 Å². The van der Waals surface area contributed by atoms with Crippen molar-refractivity contribution < 1.29 is 47.5 Å². The van der Waals surface area contributed by atoms with Crippen LogP contribution < -0.4 is 0 Å². The van der Waals surface area contributed by atoms with Crippen LogP contribution in [0.25, 0.3) is 0 Å². The second-order valence-corrected chi connectivity index (χ2v) is 17.8. The Morgan fingerprint density at radius 3 is 2.17 bits per heavy atom. The average Bonchev–Trinajstić information content (AvgIpc) is 3.81. The maximum Gasteiger partial charge on any atom is 0.306 e. The Kier molecular flexibility index (Phi) is 12.8. The molecular weight excluding hydrogens is 690 g/mol. The number of nitrogens with zero attached hydrogens (tertiary/aromatic N) is 1. The molecule has 0 unspecified atom stereocenters. The van der Waals surface area contributed by atoms with Gasteiger partial charge in [0.1, 0.15) is 24.4 Å². The standard InChI is InChI=1S/C43H67NO10/c1-22-17-29-31(30-19-27(18-28(22)30)52-43-42(49-9)41(48-8)40(47-7)25(4)51-43)20-33-32(29)21-37(45)53-36(26-13-14-26)12-10-11-35(23(2)39(33)46)54-38-16-15-34(44(5)6)24(3)50-38/h17,20,23-32,34-36,38,40-43H,10-16,18-19,21H2,1-9H3/t23-,24-,25+,27+,28+,29-,30-,31-,32+,34+,35+,36-,38+,40+,41-,42-,43+/m1/s1. The molecule has 0 spiro atoms. The molecule has 4 aliphatic carbocycles. The number of ether oxygens (including phenoxy) is 8. The van der Waals surface area contributed by atoms with Gasteiger partial charge in [0, 0.05) is 39.2 Å². The van der Waals surface area contributed by atoms with Gasteiger partial charge < -0.3 is 42.8 Å². The molecule has 3 heterocycles. The highest BCUT2D eigenvalue weighted by Gasteiger charge is 2.54. The fourth-order valence-electron chi connectivity index (χ4n) is 11.2. The van der Waals surface area contributed by atoms with Gasteiger partial charge in [0.25, 0.3) is 0 Å². The Balaban J connectivity index is 1.12. The Morgan fingerprint density at radius 1 is 0.759 bits per heavy atom. The Hall–Kier alpha value is -1.70. The molecule has 0 aromatic rings. The van der Waals surface area contributed by atoms with Gasteiger partial charge in [-0.3, -0.25) is 9.59 Å². The van der Waals surface area contributed by atoms with Crippen LogP contribution in [0.5, 0.6) is 0 Å². The second kappa shape index (κ2) is 17.0. The normalized spacial score (nSPS) is 46.1. The van der Waals surface area contributed by atoms with E-state index in [4.69, 9.17) is 37.9 Å². The predicted molar refractivity (Wildman–Crippen MR) is 201 cm³/mol. The third-order valence-electron chi connectivity index (χ3n) is 14.3. The molecule has 5 fully saturated rings. The van der Waals surface area contributed by atoms with Gasteiger partial charge in [0.2, 0.25) is 0 Å². The van der Waals surface area contributed by atoms with Crippen LogP contribution in [0.15, 0.2) is 23.3 Å². The maximum absolute atomic E-state index is 14.8. The quantitative estimate of drug-likeness (QED) is 0.208. The molecule has 0 N–H and O–H groups in total. The van der Waals surface area contributed by atoms with Crippen molar-refractivity contribution in [3.05, 3.63) is 23.3 Å². The molecule has 11 heteroatoms. The number of hydrogen-bond acceptors (Lipinski definition) is 11. The predicted octanol–water partition coefficient (Wildman–Crippen LogP) is 5.88. The van der Waals surface area contributed by atoms with Gasteiger partial charge in [-0.15, -0.1) is 0 Å². The molecule has 0 aromatic carbocycles. The van der Waals surface area contributed by atoms with Crippen molar-refractivity contribution in [2.45, 2.75) is 159 Å². The summed E-state index contributed by atoms with van der Waals surface area (Å²) >= 11 is 0. The Morgan fingerprint density at radius 2 is 1.50 bits per heavy atom. The van der Waals surface area contributed by atoms with E-state index in [0.29, 0.717) is 17.9 Å². The van der Waals surface area contributed by atoms with E-state index in [1.165, 1.54) is 5.57 Å². The van der Waals surface area contributed by atoms with Gasteiger partial charge in [0.05, 0.1) is 30.8 Å². The number of methoxy groups -OCH3 is 3. The molecular formula is C43H67NO10. The Labute approximate surface area is 323 Å². The number of carbonyl (C=O) groups excluding carboxylic acids is 2. The molecule has 3 saturated heterocycles. The van der Waals surface area contributed by atoms with E-state index in [2.05, 4.69) is 45.0 Å². The summed E-state index contributed by atoms with van der Waals surface area (Å²) in [6.45, 7) is 8.35. The number of Topliss-reactive ketones (excluding diaryl/α,β-unsaturated/α-hetero) is 1. The first-order chi connectivity index (χ1) is 25.9. The summed E-state index contributed by atoms with van der Waals surface area (Å²) in [5, 5.41) is 0. The van der Waals surface area contributed by atoms with Crippen LogP contribution in [0.2, 0.25) is 0 Å². The minimum Gasteiger partial charge on any atom is -0.462 e. The third-order valence-corrected chi connectivity index (χ3v) is 14.3. The highest BCUT2D eigenvalue weighted by molar-refractivity contribution is 5.99. The first-order valence-corrected chi connectivity index (χ1v) is 20.9. The topological polar surface area (TPSA) is 111 Å². The van der Waals surface area contributed by atoms with E-state index in [0.717, 1.165) is 63.4 Å². The Bertz CT molecular complexity index is 1400. The maximum atomic E-state index is 14.8. The molecule has 0 aromatic heterocycles. The lowest BCUT2D eigenvalue weighted by Gasteiger charge is -2.44. The van der Waals surface area contributed by atoms with Gasteiger partial charge in [-0.2, -0.15) is 0 Å². The molecule has 0 bridgehead atoms. The number of likely N-dealkylation sites (N-methyl/N-ethyl adjacent to an activating group) is 1. The number of fused-ring (bicyclic) bond motifs is 5. The van der Waals surface area contributed by atoms with Crippen LogP contribution in [0.3, 0.4) is 0 Å². The van der Waals surface area contributed by atoms with Crippen LogP contribution in [0.1, 0.15) is 91.9 Å². The van der Waals surface area contributed by atoms with Crippen molar-refractivity contribution in [3.8, 4) is 0 Å².